The van der Waals surface area contributed by atoms with Crippen LogP contribution in [0.15, 0.2) is 155 Å². The molecule has 3 heteroatoms. The molecule has 0 bridgehead atoms. The van der Waals surface area contributed by atoms with Crippen LogP contribution in [0.1, 0.15) is 0 Å². The molecule has 2 nitrogen and oxygen atoms in total. The van der Waals surface area contributed by atoms with Gasteiger partial charge in [-0.1, -0.05) is 90.6 Å². The number of fused-ring (bicyclic) bond motifs is 2. The molecule has 1 aliphatic rings. The molecule has 0 aliphatic carbocycles. The van der Waals surface area contributed by atoms with Crippen molar-refractivity contribution >= 4 is 11.8 Å². The average molecular weight is 507 g/mol. The number of hydrogen-bond donors (Lipinski definition) is 0. The Hall–Kier alpha value is -4.60. The van der Waals surface area contributed by atoms with Crippen molar-refractivity contribution in [3.63, 3.8) is 0 Å². The summed E-state index contributed by atoms with van der Waals surface area (Å²) < 4.78 is 8.62. The van der Waals surface area contributed by atoms with E-state index in [9.17, 15) is 0 Å². The summed E-state index contributed by atoms with van der Waals surface area (Å²) in [5.74, 6) is 1.80. The molecule has 0 atom stereocenters. The lowest BCUT2D eigenvalue weighted by Crippen LogP contribution is -2.36. The van der Waals surface area contributed by atoms with Crippen LogP contribution in [0, 0.1) is 0 Å². The summed E-state index contributed by atoms with van der Waals surface area (Å²) in [7, 11) is 0. The van der Waals surface area contributed by atoms with Gasteiger partial charge in [-0.05, 0) is 53.6 Å². The third-order valence-corrected chi connectivity index (χ3v) is 7.88. The van der Waals surface area contributed by atoms with Crippen LogP contribution in [0.3, 0.4) is 0 Å². The highest BCUT2D eigenvalue weighted by Crippen LogP contribution is 2.47. The lowest BCUT2D eigenvalue weighted by atomic mass is 9.98. The fourth-order valence-corrected chi connectivity index (χ4v) is 5.95. The first-order valence-corrected chi connectivity index (χ1v) is 13.5. The zero-order valence-electron chi connectivity index (χ0n) is 20.6. The Balaban J connectivity index is 1.49. The summed E-state index contributed by atoms with van der Waals surface area (Å²) in [4.78, 5) is 2.24. The first kappa shape index (κ1) is 22.6. The quantitative estimate of drug-likeness (QED) is 0.221. The molecular weight excluding hydrogens is 482 g/mol. The van der Waals surface area contributed by atoms with Gasteiger partial charge in [-0.3, -0.25) is 0 Å². The Bertz CT molecular complexity index is 1690. The molecule has 5 aromatic carbocycles. The van der Waals surface area contributed by atoms with Crippen LogP contribution < -0.4 is 9.30 Å². The van der Waals surface area contributed by atoms with Gasteiger partial charge in [0.05, 0.1) is 9.79 Å². The number of rotatable bonds is 4. The average Bonchev–Trinajstić information content (AvgIpc) is 3.00. The molecule has 0 fully saturated rings. The normalized spacial score (nSPS) is 11.8. The molecule has 0 saturated heterocycles. The van der Waals surface area contributed by atoms with E-state index in [1.54, 1.807) is 11.8 Å². The minimum Gasteiger partial charge on any atom is -0.455 e. The van der Waals surface area contributed by atoms with Gasteiger partial charge in [0.2, 0.25) is 17.1 Å². The maximum Gasteiger partial charge on any atom is 0.219 e. The predicted octanol–water partition coefficient (Wildman–Crippen LogP) is 9.22. The molecular formula is C35H24NOS+. The first-order chi connectivity index (χ1) is 18.8. The minimum absolute atomic E-state index is 0.890. The van der Waals surface area contributed by atoms with Gasteiger partial charge >= 0.3 is 0 Å². The van der Waals surface area contributed by atoms with E-state index in [0.29, 0.717) is 0 Å². The second kappa shape index (κ2) is 9.70. The van der Waals surface area contributed by atoms with Crippen LogP contribution in [0.2, 0.25) is 0 Å². The van der Waals surface area contributed by atoms with Crippen LogP contribution >= 0.6 is 11.8 Å². The van der Waals surface area contributed by atoms with Gasteiger partial charge in [-0.25, -0.2) is 0 Å². The molecule has 38 heavy (non-hydrogen) atoms. The highest BCUT2D eigenvalue weighted by Gasteiger charge is 2.27. The van der Waals surface area contributed by atoms with E-state index in [0.717, 1.165) is 49.5 Å². The van der Waals surface area contributed by atoms with Crippen molar-refractivity contribution in [3.05, 3.63) is 146 Å². The van der Waals surface area contributed by atoms with Crippen LogP contribution in [-0.4, -0.2) is 0 Å². The zero-order valence-corrected chi connectivity index (χ0v) is 21.4. The molecule has 0 amide bonds. The summed E-state index contributed by atoms with van der Waals surface area (Å²) in [5.41, 5.74) is 8.06. The van der Waals surface area contributed by atoms with Crippen molar-refractivity contribution in [2.45, 2.75) is 9.79 Å². The number of nitrogens with zero attached hydrogens (tertiary/aromatic N) is 1. The molecule has 0 saturated carbocycles. The number of hydrogen-bond acceptors (Lipinski definition) is 2. The Morgan fingerprint density at radius 3 is 1.58 bits per heavy atom. The van der Waals surface area contributed by atoms with Crippen LogP contribution in [0.5, 0.6) is 11.5 Å². The Morgan fingerprint density at radius 1 is 0.421 bits per heavy atom. The first-order valence-electron chi connectivity index (χ1n) is 12.7. The predicted molar refractivity (Wildman–Crippen MR) is 155 cm³/mol. The summed E-state index contributed by atoms with van der Waals surface area (Å²) in [6.45, 7) is 0. The number of ether oxygens (including phenoxy) is 1. The summed E-state index contributed by atoms with van der Waals surface area (Å²) in [6.07, 6.45) is 0. The van der Waals surface area contributed by atoms with Gasteiger partial charge < -0.3 is 4.74 Å². The van der Waals surface area contributed by atoms with Crippen LogP contribution in [-0.2, 0) is 0 Å². The lowest BCUT2D eigenvalue weighted by molar-refractivity contribution is -0.572. The molecule has 180 valence electrons. The van der Waals surface area contributed by atoms with Crippen molar-refractivity contribution in [1.82, 2.24) is 0 Å². The number of aromatic nitrogens is 1. The van der Waals surface area contributed by atoms with Crippen molar-refractivity contribution in [3.8, 4) is 50.8 Å². The van der Waals surface area contributed by atoms with E-state index in [2.05, 4.69) is 138 Å². The molecule has 0 radical (unpaired) electrons. The van der Waals surface area contributed by atoms with Gasteiger partial charge in [0.1, 0.15) is 11.5 Å². The van der Waals surface area contributed by atoms with E-state index in [4.69, 9.17) is 4.74 Å². The van der Waals surface area contributed by atoms with Crippen molar-refractivity contribution in [1.29, 1.82) is 0 Å². The number of pyridine rings is 1. The molecule has 0 spiro atoms. The largest absolute Gasteiger partial charge is 0.455 e. The second-order valence-corrected chi connectivity index (χ2v) is 10.3. The maximum atomic E-state index is 6.24. The van der Waals surface area contributed by atoms with E-state index >= 15 is 0 Å². The lowest BCUT2D eigenvalue weighted by Gasteiger charge is -2.19. The van der Waals surface area contributed by atoms with E-state index in [-0.39, 0.29) is 0 Å². The maximum absolute atomic E-state index is 6.24. The third kappa shape index (κ3) is 4.17. The summed E-state index contributed by atoms with van der Waals surface area (Å²) >= 11 is 1.76. The zero-order chi connectivity index (χ0) is 25.3. The van der Waals surface area contributed by atoms with Crippen LogP contribution in [0.25, 0.3) is 39.3 Å². The molecule has 1 aliphatic heterocycles. The molecule has 1 aromatic heterocycles. The minimum atomic E-state index is 0.890. The van der Waals surface area contributed by atoms with Gasteiger partial charge in [0.15, 0.2) is 0 Å². The molecule has 6 aromatic rings. The monoisotopic (exact) mass is 506 g/mol. The molecule has 0 N–H and O–H groups in total. The highest BCUT2D eigenvalue weighted by atomic mass is 32.2. The molecule has 0 unspecified atom stereocenters. The van der Waals surface area contributed by atoms with Crippen LogP contribution in [0.4, 0.5) is 0 Å². The number of benzene rings is 5. The fourth-order valence-electron chi connectivity index (χ4n) is 4.97. The van der Waals surface area contributed by atoms with Crippen molar-refractivity contribution in [2.24, 2.45) is 0 Å². The van der Waals surface area contributed by atoms with Crippen molar-refractivity contribution < 1.29 is 9.30 Å². The van der Waals surface area contributed by atoms with E-state index in [1.807, 2.05) is 12.1 Å². The highest BCUT2D eigenvalue weighted by molar-refractivity contribution is 7.99. The van der Waals surface area contributed by atoms with Gasteiger partial charge in [-0.2, -0.15) is 4.57 Å². The molecule has 7 rings (SSSR count). The fraction of sp³-hybridized carbons (Fsp3) is 0. The number of para-hydroxylation sites is 1. The standard InChI is InChI=1S/C35H24NOS/c1-4-12-25(13-5-1)28-22-30(26-14-6-2-7-15-26)36(31(23-28)27-16-8-3-9-17-27)29-20-21-33-35(24-29)38-34-19-11-10-18-32(34)37-33/h1-24H/q+1. The Morgan fingerprint density at radius 2 is 0.947 bits per heavy atom. The summed E-state index contributed by atoms with van der Waals surface area (Å²) in [6, 6.07) is 51.2. The molecule has 2 heterocycles. The van der Waals surface area contributed by atoms with Crippen molar-refractivity contribution in [2.75, 3.05) is 0 Å². The summed E-state index contributed by atoms with van der Waals surface area (Å²) in [5, 5.41) is 0. The smallest absolute Gasteiger partial charge is 0.219 e. The topological polar surface area (TPSA) is 13.1 Å². The van der Waals surface area contributed by atoms with E-state index < -0.39 is 0 Å². The SMILES string of the molecule is c1ccc(-c2cc(-c3ccccc3)[n+](-c3ccc4c(c3)Sc3ccccc3O4)c(-c3ccccc3)c2)cc1. The van der Waals surface area contributed by atoms with Gasteiger partial charge in [0, 0.05) is 35.4 Å². The second-order valence-electron chi connectivity index (χ2n) is 9.23. The third-order valence-electron chi connectivity index (χ3n) is 6.79. The van der Waals surface area contributed by atoms with Gasteiger partial charge in [0.25, 0.3) is 0 Å². The van der Waals surface area contributed by atoms with Gasteiger partial charge in [-0.15, -0.1) is 0 Å². The Kier molecular flexibility index (Phi) is 5.76. The van der Waals surface area contributed by atoms with E-state index in [1.165, 1.54) is 11.1 Å². The Labute approximate surface area is 226 Å².